The van der Waals surface area contributed by atoms with Crippen molar-refractivity contribution in [2.24, 2.45) is 0 Å². The highest BCUT2D eigenvalue weighted by Crippen LogP contribution is 2.12. The average Bonchev–Trinajstić information content (AvgIpc) is 2.79. The number of nitrogens with one attached hydrogen (secondary N) is 2. The molecule has 1 heterocycles. The summed E-state index contributed by atoms with van der Waals surface area (Å²) < 4.78 is 31.6. The fourth-order valence-electron chi connectivity index (χ4n) is 1.97. The van der Waals surface area contributed by atoms with Gasteiger partial charge in [0, 0.05) is 20.2 Å². The van der Waals surface area contributed by atoms with Crippen molar-refractivity contribution in [2.75, 3.05) is 20.2 Å². The van der Waals surface area contributed by atoms with E-state index in [1.54, 1.807) is 7.11 Å². The lowest BCUT2D eigenvalue weighted by molar-refractivity contribution is 0.0776. The Kier molecular flexibility index (Phi) is 3.88. The quantitative estimate of drug-likeness (QED) is 0.836. The molecule has 1 aliphatic heterocycles. The first-order valence-corrected chi connectivity index (χ1v) is 5.62. The van der Waals surface area contributed by atoms with Gasteiger partial charge in [0.2, 0.25) is 0 Å². The molecule has 0 aliphatic carbocycles. The van der Waals surface area contributed by atoms with Crippen molar-refractivity contribution >= 4 is 5.91 Å². The summed E-state index contributed by atoms with van der Waals surface area (Å²) in [4.78, 5) is 11.8. The molecule has 1 unspecified atom stereocenters. The third kappa shape index (κ3) is 2.49. The van der Waals surface area contributed by atoms with Crippen molar-refractivity contribution in [1.82, 2.24) is 10.6 Å². The maximum absolute atomic E-state index is 13.4. The zero-order valence-corrected chi connectivity index (χ0v) is 9.87. The number of hydrogen-bond acceptors (Lipinski definition) is 3. The smallest absolute Gasteiger partial charge is 0.254 e. The van der Waals surface area contributed by atoms with E-state index in [1.165, 1.54) is 12.1 Å². The maximum atomic E-state index is 13.4. The molecule has 1 saturated heterocycles. The van der Waals surface area contributed by atoms with E-state index in [-0.39, 0.29) is 17.7 Å². The van der Waals surface area contributed by atoms with Crippen LogP contribution >= 0.6 is 0 Å². The van der Waals surface area contributed by atoms with E-state index >= 15 is 0 Å². The van der Waals surface area contributed by atoms with E-state index < -0.39 is 17.5 Å². The molecular weight excluding hydrogens is 242 g/mol. The lowest BCUT2D eigenvalue weighted by Gasteiger charge is -2.18. The molecule has 2 atom stereocenters. The van der Waals surface area contributed by atoms with E-state index in [0.717, 1.165) is 6.07 Å². The minimum atomic E-state index is -1.13. The molecule has 6 heteroatoms. The highest BCUT2D eigenvalue weighted by Gasteiger charge is 2.29. The summed E-state index contributed by atoms with van der Waals surface area (Å²) in [5.41, 5.74) is -0.295. The highest BCUT2D eigenvalue weighted by atomic mass is 19.2. The van der Waals surface area contributed by atoms with Gasteiger partial charge in [-0.2, -0.15) is 0 Å². The number of carbonyl (C=O) groups is 1. The molecule has 1 aromatic rings. The van der Waals surface area contributed by atoms with Crippen LogP contribution in [0.15, 0.2) is 18.2 Å². The fourth-order valence-corrected chi connectivity index (χ4v) is 1.97. The van der Waals surface area contributed by atoms with Crippen LogP contribution in [0.2, 0.25) is 0 Å². The molecule has 2 N–H and O–H groups in total. The van der Waals surface area contributed by atoms with Crippen LogP contribution < -0.4 is 10.6 Å². The van der Waals surface area contributed by atoms with Crippen molar-refractivity contribution < 1.29 is 18.3 Å². The van der Waals surface area contributed by atoms with Gasteiger partial charge >= 0.3 is 0 Å². The van der Waals surface area contributed by atoms with Gasteiger partial charge in [0.15, 0.2) is 11.6 Å². The van der Waals surface area contributed by atoms with E-state index in [1.807, 2.05) is 0 Å². The number of ether oxygens (including phenoxy) is 1. The Balaban J connectivity index is 2.10. The van der Waals surface area contributed by atoms with Gasteiger partial charge in [0.1, 0.15) is 0 Å². The Labute approximate surface area is 103 Å². The number of hydrogen-bond donors (Lipinski definition) is 2. The molecule has 1 amide bonds. The third-order valence-corrected chi connectivity index (χ3v) is 2.97. The van der Waals surface area contributed by atoms with Crippen LogP contribution in [0.25, 0.3) is 0 Å². The molecule has 0 bridgehead atoms. The van der Waals surface area contributed by atoms with Crippen LogP contribution in [0.5, 0.6) is 0 Å². The summed E-state index contributed by atoms with van der Waals surface area (Å²) in [5, 5.41) is 5.68. The molecule has 2 rings (SSSR count). The van der Waals surface area contributed by atoms with Crippen LogP contribution in [-0.4, -0.2) is 38.3 Å². The summed E-state index contributed by atoms with van der Waals surface area (Å²) in [5.74, 6) is -2.80. The van der Waals surface area contributed by atoms with Crippen LogP contribution in [0, 0.1) is 11.6 Å². The first-order chi connectivity index (χ1) is 8.63. The second-order valence-corrected chi connectivity index (χ2v) is 4.11. The Morgan fingerprint density at radius 1 is 1.44 bits per heavy atom. The number of carbonyl (C=O) groups excluding carboxylic acids is 1. The number of benzene rings is 1. The predicted octanol–water partition coefficient (Wildman–Crippen LogP) is 0.681. The molecule has 0 radical (unpaired) electrons. The molecule has 4 nitrogen and oxygen atoms in total. The van der Waals surface area contributed by atoms with Crippen LogP contribution in [0.1, 0.15) is 10.4 Å². The second-order valence-electron chi connectivity index (χ2n) is 4.11. The standard InChI is InChI=1S/C12H14F2N2O2/c1-18-10-6-15-5-9(10)16-12(17)7-3-2-4-8(13)11(7)14/h2-4,9-10,15H,5-6H2,1H3,(H,16,17)/t9?,10-/m0/s1. The highest BCUT2D eigenvalue weighted by molar-refractivity contribution is 5.94. The number of halogens is 2. The van der Waals surface area contributed by atoms with Gasteiger partial charge in [-0.05, 0) is 12.1 Å². The molecule has 0 spiro atoms. The molecule has 0 saturated carbocycles. The van der Waals surface area contributed by atoms with Crippen molar-refractivity contribution in [3.05, 3.63) is 35.4 Å². The molecule has 0 aromatic heterocycles. The Morgan fingerprint density at radius 3 is 2.94 bits per heavy atom. The second kappa shape index (κ2) is 5.41. The Hall–Kier alpha value is -1.53. The van der Waals surface area contributed by atoms with Gasteiger partial charge < -0.3 is 15.4 Å². The van der Waals surface area contributed by atoms with Crippen LogP contribution in [0.4, 0.5) is 8.78 Å². The van der Waals surface area contributed by atoms with E-state index in [0.29, 0.717) is 13.1 Å². The van der Waals surface area contributed by atoms with E-state index in [9.17, 15) is 13.6 Å². The zero-order chi connectivity index (χ0) is 13.1. The summed E-state index contributed by atoms with van der Waals surface area (Å²) in [6, 6.07) is 3.28. The van der Waals surface area contributed by atoms with Crippen LogP contribution in [0.3, 0.4) is 0 Å². The van der Waals surface area contributed by atoms with Crippen molar-refractivity contribution in [2.45, 2.75) is 12.1 Å². The predicted molar refractivity (Wildman–Crippen MR) is 61.3 cm³/mol. The fraction of sp³-hybridized carbons (Fsp3) is 0.417. The summed E-state index contributed by atoms with van der Waals surface area (Å²) in [6.07, 6.45) is -0.162. The SMILES string of the molecule is CO[C@H]1CNCC1NC(=O)c1cccc(F)c1F. The minimum absolute atomic E-state index is 0.162. The van der Waals surface area contributed by atoms with Gasteiger partial charge in [-0.25, -0.2) is 8.78 Å². The van der Waals surface area contributed by atoms with Crippen LogP contribution in [-0.2, 0) is 4.74 Å². The third-order valence-electron chi connectivity index (χ3n) is 2.97. The Morgan fingerprint density at radius 2 is 2.22 bits per heavy atom. The molecular formula is C12H14F2N2O2. The summed E-state index contributed by atoms with van der Waals surface area (Å²) in [6.45, 7) is 1.16. The number of rotatable bonds is 3. The van der Waals surface area contributed by atoms with Gasteiger partial charge in [-0.3, -0.25) is 4.79 Å². The van der Waals surface area contributed by atoms with Gasteiger partial charge in [0.25, 0.3) is 5.91 Å². The van der Waals surface area contributed by atoms with Gasteiger partial charge in [-0.15, -0.1) is 0 Å². The first kappa shape index (κ1) is 12.9. The van der Waals surface area contributed by atoms with Gasteiger partial charge in [0.05, 0.1) is 17.7 Å². The number of methoxy groups -OCH3 is 1. The van der Waals surface area contributed by atoms with Gasteiger partial charge in [-0.1, -0.05) is 6.07 Å². The summed E-state index contributed by atoms with van der Waals surface area (Å²) in [7, 11) is 1.54. The van der Waals surface area contributed by atoms with Crippen molar-refractivity contribution in [1.29, 1.82) is 0 Å². The maximum Gasteiger partial charge on any atom is 0.254 e. The topological polar surface area (TPSA) is 50.4 Å². The molecule has 1 fully saturated rings. The molecule has 1 aliphatic rings. The molecule has 18 heavy (non-hydrogen) atoms. The van der Waals surface area contributed by atoms with E-state index in [2.05, 4.69) is 10.6 Å². The zero-order valence-electron chi connectivity index (χ0n) is 9.87. The number of amides is 1. The normalized spacial score (nSPS) is 23.1. The Bertz CT molecular complexity index is 454. The lowest BCUT2D eigenvalue weighted by atomic mass is 10.1. The monoisotopic (exact) mass is 256 g/mol. The van der Waals surface area contributed by atoms with Crippen molar-refractivity contribution in [3.8, 4) is 0 Å². The van der Waals surface area contributed by atoms with Crippen molar-refractivity contribution in [3.63, 3.8) is 0 Å². The lowest BCUT2D eigenvalue weighted by Crippen LogP contribution is -2.43. The largest absolute Gasteiger partial charge is 0.378 e. The molecule has 98 valence electrons. The average molecular weight is 256 g/mol. The first-order valence-electron chi connectivity index (χ1n) is 5.62. The molecule has 1 aromatic carbocycles. The minimum Gasteiger partial charge on any atom is -0.378 e. The van der Waals surface area contributed by atoms with E-state index in [4.69, 9.17) is 4.74 Å². The summed E-state index contributed by atoms with van der Waals surface area (Å²) >= 11 is 0.